The molecule has 0 aromatic heterocycles. The third-order valence-corrected chi connectivity index (χ3v) is 7.07. The lowest BCUT2D eigenvalue weighted by atomic mass is 10.1. The van der Waals surface area contributed by atoms with Crippen molar-refractivity contribution in [2.75, 3.05) is 23.4 Å². The van der Waals surface area contributed by atoms with Gasteiger partial charge in [-0.1, -0.05) is 30.3 Å². The van der Waals surface area contributed by atoms with Crippen molar-refractivity contribution in [3.63, 3.8) is 0 Å². The van der Waals surface area contributed by atoms with Gasteiger partial charge in [0.15, 0.2) is 0 Å². The first-order valence-corrected chi connectivity index (χ1v) is 12.7. The first kappa shape index (κ1) is 27.0. The van der Waals surface area contributed by atoms with Crippen LogP contribution in [0.5, 0.6) is 5.75 Å². The van der Waals surface area contributed by atoms with E-state index in [1.807, 2.05) is 4.90 Å². The van der Waals surface area contributed by atoms with E-state index in [0.717, 1.165) is 0 Å². The van der Waals surface area contributed by atoms with Crippen molar-refractivity contribution in [1.82, 2.24) is 10.6 Å². The zero-order valence-corrected chi connectivity index (χ0v) is 21.6. The second-order valence-electron chi connectivity index (χ2n) is 9.86. The second-order valence-corrected chi connectivity index (χ2v) is 9.86. The van der Waals surface area contributed by atoms with E-state index in [1.54, 1.807) is 48.5 Å². The molecule has 0 saturated heterocycles. The van der Waals surface area contributed by atoms with Crippen LogP contribution < -0.4 is 25.2 Å². The SMILES string of the molecule is CN1C(=O)[C@H](NC(=O)C2(NC(=O)c3ccccc3)CC2)CN(Cc2ccc(OC(F)F)cc2)c2ccc(F)cc21. The molecule has 3 amide bonds. The molecule has 3 aromatic carbocycles. The van der Waals surface area contributed by atoms with Crippen LogP contribution in [0.2, 0.25) is 0 Å². The lowest BCUT2D eigenvalue weighted by Crippen LogP contribution is -2.57. The molecule has 0 radical (unpaired) electrons. The van der Waals surface area contributed by atoms with Gasteiger partial charge < -0.3 is 25.2 Å². The summed E-state index contributed by atoms with van der Waals surface area (Å²) >= 11 is 0. The molecule has 0 spiro atoms. The van der Waals surface area contributed by atoms with Gasteiger partial charge in [0.2, 0.25) is 5.91 Å². The molecule has 2 aliphatic rings. The minimum absolute atomic E-state index is 0.00409. The molecule has 1 atom stereocenters. The molecule has 40 heavy (non-hydrogen) atoms. The van der Waals surface area contributed by atoms with Crippen molar-refractivity contribution in [3.05, 3.63) is 89.7 Å². The third-order valence-electron chi connectivity index (χ3n) is 7.07. The van der Waals surface area contributed by atoms with Gasteiger partial charge in [-0.15, -0.1) is 0 Å². The van der Waals surface area contributed by atoms with E-state index in [9.17, 15) is 27.6 Å². The van der Waals surface area contributed by atoms with Crippen LogP contribution in [0.1, 0.15) is 28.8 Å². The van der Waals surface area contributed by atoms with E-state index in [-0.39, 0.29) is 24.7 Å². The fourth-order valence-corrected chi connectivity index (χ4v) is 4.74. The quantitative estimate of drug-likeness (QED) is 0.443. The smallest absolute Gasteiger partial charge is 0.387 e. The summed E-state index contributed by atoms with van der Waals surface area (Å²) in [7, 11) is 1.50. The van der Waals surface area contributed by atoms with Crippen LogP contribution in [0.15, 0.2) is 72.8 Å². The van der Waals surface area contributed by atoms with Crippen molar-refractivity contribution in [2.45, 2.75) is 37.6 Å². The third kappa shape index (κ3) is 5.73. The van der Waals surface area contributed by atoms with Gasteiger partial charge >= 0.3 is 6.61 Å². The predicted molar refractivity (Wildman–Crippen MR) is 142 cm³/mol. The van der Waals surface area contributed by atoms with E-state index >= 15 is 0 Å². The number of alkyl halides is 2. The zero-order chi connectivity index (χ0) is 28.4. The van der Waals surface area contributed by atoms with Gasteiger partial charge in [0.05, 0.1) is 11.4 Å². The van der Waals surface area contributed by atoms with Crippen molar-refractivity contribution in [1.29, 1.82) is 0 Å². The normalized spacial score (nSPS) is 17.6. The number of ether oxygens (including phenoxy) is 1. The minimum Gasteiger partial charge on any atom is -0.435 e. The molecule has 1 aliphatic heterocycles. The number of amides is 3. The summed E-state index contributed by atoms with van der Waals surface area (Å²) in [6.07, 6.45) is 0.854. The van der Waals surface area contributed by atoms with E-state index in [4.69, 9.17) is 0 Å². The zero-order valence-electron chi connectivity index (χ0n) is 21.6. The lowest BCUT2D eigenvalue weighted by molar-refractivity contribution is -0.129. The van der Waals surface area contributed by atoms with E-state index in [2.05, 4.69) is 15.4 Å². The predicted octanol–water partition coefficient (Wildman–Crippen LogP) is 3.86. The van der Waals surface area contributed by atoms with Crippen molar-refractivity contribution >= 4 is 29.1 Å². The maximum Gasteiger partial charge on any atom is 0.387 e. The van der Waals surface area contributed by atoms with E-state index in [0.29, 0.717) is 35.3 Å². The molecule has 3 aromatic rings. The topological polar surface area (TPSA) is 91.0 Å². The number of nitrogens with zero attached hydrogens (tertiary/aromatic N) is 2. The van der Waals surface area contributed by atoms with Crippen LogP contribution in [0.3, 0.4) is 0 Å². The first-order chi connectivity index (χ1) is 19.1. The highest BCUT2D eigenvalue weighted by Crippen LogP contribution is 2.37. The summed E-state index contributed by atoms with van der Waals surface area (Å²) in [6, 6.07) is 17.6. The number of fused-ring (bicyclic) bond motifs is 1. The van der Waals surface area contributed by atoms with Gasteiger partial charge in [-0.2, -0.15) is 8.78 Å². The number of anilines is 2. The van der Waals surface area contributed by atoms with Gasteiger partial charge in [-0.3, -0.25) is 14.4 Å². The number of rotatable bonds is 8. The summed E-state index contributed by atoms with van der Waals surface area (Å²) < 4.78 is 43.7. The van der Waals surface area contributed by atoms with Gasteiger partial charge in [0, 0.05) is 25.7 Å². The van der Waals surface area contributed by atoms with Gasteiger partial charge in [0.1, 0.15) is 23.1 Å². The first-order valence-electron chi connectivity index (χ1n) is 12.7. The average molecular weight is 553 g/mol. The molecule has 0 unspecified atom stereocenters. The number of benzene rings is 3. The van der Waals surface area contributed by atoms with Crippen LogP contribution in [0, 0.1) is 5.82 Å². The minimum atomic E-state index is -2.95. The van der Waals surface area contributed by atoms with Crippen LogP contribution >= 0.6 is 0 Å². The average Bonchev–Trinajstić information content (AvgIpc) is 3.73. The van der Waals surface area contributed by atoms with Crippen molar-refractivity contribution in [2.24, 2.45) is 0 Å². The van der Waals surface area contributed by atoms with Gasteiger partial charge in [0.25, 0.3) is 11.8 Å². The van der Waals surface area contributed by atoms with E-state index in [1.165, 1.54) is 36.2 Å². The molecule has 1 aliphatic carbocycles. The summed E-state index contributed by atoms with van der Waals surface area (Å²) in [4.78, 5) is 42.7. The van der Waals surface area contributed by atoms with Crippen molar-refractivity contribution in [3.8, 4) is 5.75 Å². The van der Waals surface area contributed by atoms with Gasteiger partial charge in [-0.25, -0.2) is 4.39 Å². The maximum absolute atomic E-state index is 14.2. The van der Waals surface area contributed by atoms with Crippen molar-refractivity contribution < 1.29 is 32.3 Å². The van der Waals surface area contributed by atoms with E-state index < -0.39 is 35.8 Å². The molecule has 208 valence electrons. The number of halogens is 3. The number of hydrogen-bond acceptors (Lipinski definition) is 5. The molecule has 8 nitrogen and oxygen atoms in total. The molecular formula is C29H27F3N4O4. The Morgan fingerprint density at radius 3 is 2.38 bits per heavy atom. The number of hydrogen-bond donors (Lipinski definition) is 2. The summed E-state index contributed by atoms with van der Waals surface area (Å²) in [5.41, 5.74) is 0.883. The molecular weight excluding hydrogens is 525 g/mol. The summed E-state index contributed by atoms with van der Waals surface area (Å²) in [5, 5.41) is 5.62. The Hall–Kier alpha value is -4.54. The molecule has 1 fully saturated rings. The molecule has 1 saturated carbocycles. The highest BCUT2D eigenvalue weighted by molar-refractivity contribution is 6.05. The fraction of sp³-hybridized carbons (Fsp3) is 0.276. The molecule has 11 heteroatoms. The Labute approximate surface area is 228 Å². The van der Waals surface area contributed by atoms with Gasteiger partial charge in [-0.05, 0) is 60.9 Å². The number of likely N-dealkylation sites (N-methyl/N-ethyl adjacent to an activating group) is 1. The monoisotopic (exact) mass is 552 g/mol. The molecule has 5 rings (SSSR count). The Kier molecular flexibility index (Phi) is 7.38. The highest BCUT2D eigenvalue weighted by Gasteiger charge is 2.52. The Bertz CT molecular complexity index is 1410. The highest BCUT2D eigenvalue weighted by atomic mass is 19.3. The second kappa shape index (κ2) is 10.9. The summed E-state index contributed by atoms with van der Waals surface area (Å²) in [6.45, 7) is -2.67. The lowest BCUT2D eigenvalue weighted by Gasteiger charge is -2.28. The van der Waals surface area contributed by atoms with Crippen LogP contribution in [-0.4, -0.2) is 49.5 Å². The number of carbonyl (C=O) groups excluding carboxylic acids is 3. The molecule has 2 N–H and O–H groups in total. The summed E-state index contributed by atoms with van der Waals surface area (Å²) in [5.74, 6) is -1.84. The number of nitrogens with one attached hydrogen (secondary N) is 2. The standard InChI is InChI=1S/C29H27F3N4O4/c1-35-24-15-20(30)9-12-23(24)36(16-18-7-10-21(11-8-18)40-28(31)32)17-22(26(35)38)33-27(39)29(13-14-29)34-25(37)19-5-3-2-4-6-19/h2-12,15,22,28H,13-14,16-17H2,1H3,(H,33,39)(H,34,37)/t22-/m1/s1. The Balaban J connectivity index is 1.37. The molecule has 0 bridgehead atoms. The Morgan fingerprint density at radius 2 is 1.73 bits per heavy atom. The van der Waals surface area contributed by atoms with Crippen LogP contribution in [-0.2, 0) is 16.1 Å². The Morgan fingerprint density at radius 1 is 1.02 bits per heavy atom. The van der Waals surface area contributed by atoms with Crippen LogP contribution in [0.25, 0.3) is 0 Å². The fourth-order valence-electron chi connectivity index (χ4n) is 4.74. The van der Waals surface area contributed by atoms with Crippen LogP contribution in [0.4, 0.5) is 24.5 Å². The molecule has 1 heterocycles. The largest absolute Gasteiger partial charge is 0.435 e. The number of carbonyl (C=O) groups is 3. The maximum atomic E-state index is 14.2.